The number of nitrogens with zero attached hydrogens (tertiary/aromatic N) is 2. The molecule has 0 saturated carbocycles. The van der Waals surface area contributed by atoms with Crippen molar-refractivity contribution in [1.82, 2.24) is 9.38 Å². The molecule has 0 atom stereocenters. The first-order valence-corrected chi connectivity index (χ1v) is 9.19. The first kappa shape index (κ1) is 18.6. The maximum atomic E-state index is 13.0. The molecule has 1 amide bonds. The second-order valence-corrected chi connectivity index (χ2v) is 6.58. The molecule has 0 unspecified atom stereocenters. The number of aryl methyl sites for hydroxylation is 1. The van der Waals surface area contributed by atoms with Crippen molar-refractivity contribution in [1.29, 1.82) is 0 Å². The molecule has 6 heteroatoms. The average Bonchev–Trinajstić information content (AvgIpc) is 3.13. The molecular formula is C23H21N3O3. The molecule has 0 aliphatic carbocycles. The second kappa shape index (κ2) is 7.67. The summed E-state index contributed by atoms with van der Waals surface area (Å²) >= 11 is 0. The van der Waals surface area contributed by atoms with Crippen LogP contribution in [0.15, 0.2) is 66.9 Å². The van der Waals surface area contributed by atoms with Crippen molar-refractivity contribution in [3.05, 3.63) is 78.0 Å². The van der Waals surface area contributed by atoms with E-state index in [4.69, 9.17) is 14.5 Å². The van der Waals surface area contributed by atoms with Crippen LogP contribution in [0, 0.1) is 6.92 Å². The minimum absolute atomic E-state index is 0.258. The lowest BCUT2D eigenvalue weighted by Crippen LogP contribution is -2.14. The minimum Gasteiger partial charge on any atom is -0.493 e. The van der Waals surface area contributed by atoms with E-state index in [1.807, 2.05) is 60.0 Å². The lowest BCUT2D eigenvalue weighted by atomic mass is 10.1. The molecular weight excluding hydrogens is 366 g/mol. The predicted octanol–water partition coefficient (Wildman–Crippen LogP) is 4.58. The summed E-state index contributed by atoms with van der Waals surface area (Å²) in [5.74, 6) is 1.43. The molecule has 146 valence electrons. The summed E-state index contributed by atoms with van der Waals surface area (Å²) in [6.45, 7) is 2.00. The molecule has 6 nitrogen and oxygen atoms in total. The summed E-state index contributed by atoms with van der Waals surface area (Å²) in [5.41, 5.74) is 3.93. The number of ether oxygens (including phenoxy) is 2. The first-order chi connectivity index (χ1) is 14.1. The van der Waals surface area contributed by atoms with Crippen LogP contribution in [-0.2, 0) is 0 Å². The van der Waals surface area contributed by atoms with Gasteiger partial charge in [-0.2, -0.15) is 0 Å². The number of imidazole rings is 1. The summed E-state index contributed by atoms with van der Waals surface area (Å²) in [6.07, 6.45) is 1.89. The van der Waals surface area contributed by atoms with Crippen molar-refractivity contribution in [2.24, 2.45) is 0 Å². The Labute approximate surface area is 168 Å². The number of pyridine rings is 1. The van der Waals surface area contributed by atoms with Crippen LogP contribution in [-0.4, -0.2) is 29.5 Å². The normalized spacial score (nSPS) is 10.7. The van der Waals surface area contributed by atoms with Gasteiger partial charge in [0, 0.05) is 17.3 Å². The van der Waals surface area contributed by atoms with Crippen molar-refractivity contribution in [2.75, 3.05) is 19.5 Å². The van der Waals surface area contributed by atoms with E-state index in [2.05, 4.69) is 5.32 Å². The van der Waals surface area contributed by atoms with Crippen LogP contribution in [0.2, 0.25) is 0 Å². The number of nitrogens with one attached hydrogen (secondary N) is 1. The lowest BCUT2D eigenvalue weighted by Gasteiger charge is -2.11. The van der Waals surface area contributed by atoms with Crippen LogP contribution in [0.5, 0.6) is 11.5 Å². The molecule has 0 bridgehead atoms. The fraction of sp³-hybridized carbons (Fsp3) is 0.130. The van der Waals surface area contributed by atoms with Gasteiger partial charge in [0.05, 0.1) is 14.2 Å². The highest BCUT2D eigenvalue weighted by Crippen LogP contribution is 2.31. The largest absolute Gasteiger partial charge is 0.493 e. The van der Waals surface area contributed by atoms with E-state index < -0.39 is 0 Å². The Morgan fingerprint density at radius 3 is 2.45 bits per heavy atom. The number of fused-ring (bicyclic) bond motifs is 1. The van der Waals surface area contributed by atoms with Gasteiger partial charge in [-0.3, -0.25) is 9.20 Å². The SMILES string of the molecule is COc1ccc(C(=O)Nc2c(-c3ccccc3)nc3c(C)cccn23)cc1OC. The van der Waals surface area contributed by atoms with Crippen LogP contribution in [0.3, 0.4) is 0 Å². The summed E-state index contributed by atoms with van der Waals surface area (Å²) in [5, 5.41) is 3.03. The van der Waals surface area contributed by atoms with E-state index >= 15 is 0 Å². The van der Waals surface area contributed by atoms with Crippen LogP contribution >= 0.6 is 0 Å². The van der Waals surface area contributed by atoms with E-state index in [-0.39, 0.29) is 5.91 Å². The number of hydrogen-bond donors (Lipinski definition) is 1. The van der Waals surface area contributed by atoms with E-state index in [1.165, 1.54) is 0 Å². The Kier molecular flexibility index (Phi) is 4.91. The maximum Gasteiger partial charge on any atom is 0.256 e. The number of methoxy groups -OCH3 is 2. The van der Waals surface area contributed by atoms with Gasteiger partial charge in [0.2, 0.25) is 0 Å². The van der Waals surface area contributed by atoms with Crippen LogP contribution in [0.1, 0.15) is 15.9 Å². The van der Waals surface area contributed by atoms with Gasteiger partial charge in [-0.15, -0.1) is 0 Å². The number of hydrogen-bond acceptors (Lipinski definition) is 4. The Morgan fingerprint density at radius 2 is 1.72 bits per heavy atom. The van der Waals surface area contributed by atoms with Gasteiger partial charge in [-0.1, -0.05) is 36.4 Å². The summed E-state index contributed by atoms with van der Waals surface area (Å²) in [7, 11) is 3.10. The molecule has 0 fully saturated rings. The standard InChI is InChI=1S/C23H21N3O3/c1-15-8-7-13-26-21(15)24-20(16-9-5-4-6-10-16)22(26)25-23(27)17-11-12-18(28-2)19(14-17)29-3/h4-14H,1-3H3,(H,25,27). The maximum absolute atomic E-state index is 13.0. The van der Waals surface area contributed by atoms with E-state index in [0.29, 0.717) is 28.6 Å². The number of amides is 1. The van der Waals surface area contributed by atoms with E-state index in [9.17, 15) is 4.79 Å². The third-order valence-electron chi connectivity index (χ3n) is 4.77. The number of carbonyl (C=O) groups is 1. The second-order valence-electron chi connectivity index (χ2n) is 6.58. The van der Waals surface area contributed by atoms with Gasteiger partial charge >= 0.3 is 0 Å². The smallest absolute Gasteiger partial charge is 0.256 e. The van der Waals surface area contributed by atoms with Gasteiger partial charge in [0.25, 0.3) is 5.91 Å². The molecule has 4 aromatic rings. The summed E-state index contributed by atoms with van der Waals surface area (Å²) in [4.78, 5) is 17.8. The van der Waals surface area contributed by atoms with Gasteiger partial charge in [0.15, 0.2) is 11.5 Å². The highest BCUT2D eigenvalue weighted by atomic mass is 16.5. The third-order valence-corrected chi connectivity index (χ3v) is 4.77. The molecule has 0 radical (unpaired) electrons. The van der Waals surface area contributed by atoms with Crippen molar-refractivity contribution in [3.8, 4) is 22.8 Å². The predicted molar refractivity (Wildman–Crippen MR) is 113 cm³/mol. The van der Waals surface area contributed by atoms with Gasteiger partial charge in [0.1, 0.15) is 17.2 Å². The fourth-order valence-corrected chi connectivity index (χ4v) is 3.28. The number of carbonyl (C=O) groups excluding carboxylic acids is 1. The molecule has 29 heavy (non-hydrogen) atoms. The molecule has 0 aliphatic heterocycles. The van der Waals surface area contributed by atoms with E-state index in [0.717, 1.165) is 16.8 Å². The zero-order valence-electron chi connectivity index (χ0n) is 16.5. The monoisotopic (exact) mass is 387 g/mol. The number of benzene rings is 2. The Balaban J connectivity index is 1.79. The molecule has 0 aliphatic rings. The minimum atomic E-state index is -0.258. The van der Waals surface area contributed by atoms with Gasteiger partial charge < -0.3 is 14.8 Å². The molecule has 4 rings (SSSR count). The Hall–Kier alpha value is -3.80. The average molecular weight is 387 g/mol. The topological polar surface area (TPSA) is 64.9 Å². The van der Waals surface area contributed by atoms with Crippen LogP contribution in [0.25, 0.3) is 16.9 Å². The lowest BCUT2D eigenvalue weighted by molar-refractivity contribution is 0.102. The molecule has 0 spiro atoms. The van der Waals surface area contributed by atoms with Crippen LogP contribution < -0.4 is 14.8 Å². The number of anilines is 1. The van der Waals surface area contributed by atoms with Gasteiger partial charge in [-0.25, -0.2) is 4.98 Å². The molecule has 2 aromatic carbocycles. The van der Waals surface area contributed by atoms with Gasteiger partial charge in [-0.05, 0) is 36.8 Å². The molecule has 2 aromatic heterocycles. The first-order valence-electron chi connectivity index (χ1n) is 9.19. The summed E-state index contributed by atoms with van der Waals surface area (Å²) in [6, 6.07) is 18.8. The Morgan fingerprint density at radius 1 is 0.966 bits per heavy atom. The highest BCUT2D eigenvalue weighted by molar-refractivity contribution is 6.06. The van der Waals surface area contributed by atoms with Crippen molar-refractivity contribution in [3.63, 3.8) is 0 Å². The fourth-order valence-electron chi connectivity index (χ4n) is 3.28. The summed E-state index contributed by atoms with van der Waals surface area (Å²) < 4.78 is 12.5. The van der Waals surface area contributed by atoms with Crippen molar-refractivity contribution >= 4 is 17.4 Å². The van der Waals surface area contributed by atoms with Crippen molar-refractivity contribution < 1.29 is 14.3 Å². The highest BCUT2D eigenvalue weighted by Gasteiger charge is 2.19. The number of aromatic nitrogens is 2. The quantitative estimate of drug-likeness (QED) is 0.544. The Bertz CT molecular complexity index is 1180. The third kappa shape index (κ3) is 3.40. The zero-order chi connectivity index (χ0) is 20.4. The molecule has 1 N–H and O–H groups in total. The molecule has 0 saturated heterocycles. The number of rotatable bonds is 5. The van der Waals surface area contributed by atoms with Crippen LogP contribution in [0.4, 0.5) is 5.82 Å². The molecule has 2 heterocycles. The van der Waals surface area contributed by atoms with E-state index in [1.54, 1.807) is 32.4 Å². The van der Waals surface area contributed by atoms with Crippen molar-refractivity contribution in [2.45, 2.75) is 6.92 Å². The zero-order valence-corrected chi connectivity index (χ0v) is 16.5.